The number of hydrogen-bond donors (Lipinski definition) is 0. The van der Waals surface area contributed by atoms with Crippen LogP contribution in [0, 0.1) is 12.8 Å². The van der Waals surface area contributed by atoms with Crippen LogP contribution >= 0.6 is 23.0 Å². The highest BCUT2D eigenvalue weighted by atomic mass is 127. The molecule has 2 aromatic carbocycles. The van der Waals surface area contributed by atoms with Crippen LogP contribution in [0.4, 0.5) is 0 Å². The SMILES string of the molecule is Cc1ccc2c(=O)n(CC3(OI)CCN(C(=O)C(C)Cc4ccccc4)CC3)cnc2c1. The van der Waals surface area contributed by atoms with Crippen LogP contribution in [0.1, 0.15) is 30.9 Å². The second-order valence-corrected chi connectivity index (χ2v) is 9.31. The van der Waals surface area contributed by atoms with Gasteiger partial charge in [-0.1, -0.05) is 43.3 Å². The maximum absolute atomic E-state index is 13.0. The normalized spacial score (nSPS) is 16.8. The van der Waals surface area contributed by atoms with Gasteiger partial charge < -0.3 is 7.97 Å². The van der Waals surface area contributed by atoms with Gasteiger partial charge in [0, 0.05) is 19.0 Å². The summed E-state index contributed by atoms with van der Waals surface area (Å²) >= 11 is 1.93. The summed E-state index contributed by atoms with van der Waals surface area (Å²) < 4.78 is 7.54. The zero-order chi connectivity index (χ0) is 22.7. The molecule has 0 spiro atoms. The molecular weight excluding hydrogens is 517 g/mol. The van der Waals surface area contributed by atoms with E-state index in [1.165, 1.54) is 5.56 Å². The lowest BCUT2D eigenvalue weighted by molar-refractivity contribution is -0.138. The van der Waals surface area contributed by atoms with Gasteiger partial charge in [0.1, 0.15) is 28.6 Å². The van der Waals surface area contributed by atoms with Crippen molar-refractivity contribution in [2.75, 3.05) is 13.1 Å². The number of likely N-dealkylation sites (tertiary alicyclic amines) is 1. The van der Waals surface area contributed by atoms with E-state index in [0.29, 0.717) is 43.4 Å². The van der Waals surface area contributed by atoms with Crippen LogP contribution in [0.25, 0.3) is 10.9 Å². The fraction of sp³-hybridized carbons (Fsp3) is 0.400. The number of benzene rings is 2. The number of halogens is 1. The minimum atomic E-state index is -0.496. The number of aryl methyl sites for hydroxylation is 1. The molecular formula is C25H28IN3O3. The number of carbonyl (C=O) groups excluding carboxylic acids is 1. The third kappa shape index (κ3) is 4.88. The van der Waals surface area contributed by atoms with Gasteiger partial charge in [0.2, 0.25) is 5.91 Å². The van der Waals surface area contributed by atoms with E-state index >= 15 is 0 Å². The van der Waals surface area contributed by atoms with Crippen molar-refractivity contribution in [3.63, 3.8) is 0 Å². The zero-order valence-electron chi connectivity index (χ0n) is 18.5. The fourth-order valence-electron chi connectivity index (χ4n) is 4.45. The maximum atomic E-state index is 13.0. The number of hydrogen-bond acceptors (Lipinski definition) is 4. The van der Waals surface area contributed by atoms with Gasteiger partial charge in [0.25, 0.3) is 5.56 Å². The van der Waals surface area contributed by atoms with Crippen LogP contribution in [0.3, 0.4) is 0 Å². The second kappa shape index (κ2) is 9.70. The van der Waals surface area contributed by atoms with Crippen molar-refractivity contribution in [3.05, 3.63) is 76.3 Å². The number of rotatable bonds is 6. The molecule has 1 unspecified atom stereocenters. The summed E-state index contributed by atoms with van der Waals surface area (Å²) in [5, 5.41) is 0.615. The smallest absolute Gasteiger partial charge is 0.261 e. The Bertz CT molecular complexity index is 1150. The monoisotopic (exact) mass is 545 g/mol. The molecule has 1 atom stereocenters. The van der Waals surface area contributed by atoms with Gasteiger partial charge in [-0.25, -0.2) is 4.98 Å². The van der Waals surface area contributed by atoms with Gasteiger partial charge in [-0.3, -0.25) is 14.2 Å². The first-order chi connectivity index (χ1) is 15.4. The lowest BCUT2D eigenvalue weighted by Gasteiger charge is -2.40. The minimum Gasteiger partial charge on any atom is -0.342 e. The predicted octanol–water partition coefficient (Wildman–Crippen LogP) is 4.31. The van der Waals surface area contributed by atoms with Crippen molar-refractivity contribution in [3.8, 4) is 0 Å². The number of amides is 1. The largest absolute Gasteiger partial charge is 0.342 e. The van der Waals surface area contributed by atoms with Crippen LogP contribution in [0.5, 0.6) is 0 Å². The lowest BCUT2D eigenvalue weighted by Crippen LogP contribution is -2.51. The Labute approximate surface area is 202 Å². The van der Waals surface area contributed by atoms with Crippen LogP contribution in [-0.2, 0) is 20.8 Å². The molecule has 0 radical (unpaired) electrons. The third-order valence-corrected chi connectivity index (χ3v) is 7.33. The molecule has 1 saturated heterocycles. The molecule has 3 aromatic rings. The number of fused-ring (bicyclic) bond motifs is 1. The summed E-state index contributed by atoms with van der Waals surface area (Å²) in [6.07, 6.45) is 3.71. The molecule has 1 aliphatic heterocycles. The van der Waals surface area contributed by atoms with E-state index in [-0.39, 0.29) is 17.4 Å². The minimum absolute atomic E-state index is 0.0576. The van der Waals surface area contributed by atoms with E-state index in [0.717, 1.165) is 12.0 Å². The van der Waals surface area contributed by atoms with Crippen molar-refractivity contribution in [1.29, 1.82) is 0 Å². The molecule has 1 fully saturated rings. The van der Waals surface area contributed by atoms with E-state index in [1.54, 1.807) is 10.9 Å². The Kier molecular flexibility index (Phi) is 6.95. The second-order valence-electron chi connectivity index (χ2n) is 8.87. The fourth-order valence-corrected chi connectivity index (χ4v) is 5.03. The van der Waals surface area contributed by atoms with Gasteiger partial charge >= 0.3 is 0 Å². The molecule has 0 aliphatic carbocycles. The van der Waals surface area contributed by atoms with Crippen molar-refractivity contribution < 1.29 is 7.86 Å². The number of piperidine rings is 1. The van der Waals surface area contributed by atoms with Crippen molar-refractivity contribution in [2.24, 2.45) is 5.92 Å². The zero-order valence-corrected chi connectivity index (χ0v) is 20.6. The van der Waals surface area contributed by atoms with Gasteiger partial charge in [0.05, 0.1) is 23.8 Å². The molecule has 32 heavy (non-hydrogen) atoms. The summed E-state index contributed by atoms with van der Waals surface area (Å²) in [6.45, 7) is 5.65. The molecule has 7 heteroatoms. The number of carbonyl (C=O) groups is 1. The van der Waals surface area contributed by atoms with E-state index in [1.807, 2.05) is 78.2 Å². The first kappa shape index (κ1) is 22.9. The van der Waals surface area contributed by atoms with Crippen molar-refractivity contribution in [1.82, 2.24) is 14.5 Å². The Balaban J connectivity index is 1.43. The summed E-state index contributed by atoms with van der Waals surface area (Å²) in [7, 11) is 0. The Morgan fingerprint density at radius 3 is 2.59 bits per heavy atom. The molecule has 168 valence electrons. The summed E-state index contributed by atoms with van der Waals surface area (Å²) in [4.78, 5) is 32.4. The number of aromatic nitrogens is 2. The summed E-state index contributed by atoms with van der Waals surface area (Å²) in [5.74, 6) is 0.108. The first-order valence-corrected chi connectivity index (χ1v) is 11.9. The molecule has 1 amide bonds. The van der Waals surface area contributed by atoms with E-state index in [9.17, 15) is 9.59 Å². The maximum Gasteiger partial charge on any atom is 0.261 e. The van der Waals surface area contributed by atoms with Gasteiger partial charge in [-0.05, 0) is 49.4 Å². The average molecular weight is 545 g/mol. The molecule has 0 bridgehead atoms. The van der Waals surface area contributed by atoms with Crippen LogP contribution in [0.15, 0.2) is 59.7 Å². The highest BCUT2D eigenvalue weighted by Gasteiger charge is 2.38. The van der Waals surface area contributed by atoms with Gasteiger partial charge in [0.15, 0.2) is 0 Å². The third-order valence-electron chi connectivity index (χ3n) is 6.40. The van der Waals surface area contributed by atoms with Crippen molar-refractivity contribution in [2.45, 2.75) is 45.3 Å². The first-order valence-electron chi connectivity index (χ1n) is 11.0. The van der Waals surface area contributed by atoms with E-state index < -0.39 is 5.60 Å². The topological polar surface area (TPSA) is 64.4 Å². The summed E-state index contributed by atoms with van der Waals surface area (Å²) in [5.41, 5.74) is 2.41. The van der Waals surface area contributed by atoms with Crippen molar-refractivity contribution >= 4 is 39.8 Å². The highest BCUT2D eigenvalue weighted by Crippen LogP contribution is 2.31. The Morgan fingerprint density at radius 2 is 1.91 bits per heavy atom. The predicted molar refractivity (Wildman–Crippen MR) is 134 cm³/mol. The standard InChI is InChI=1S/C25H28IN3O3/c1-18-8-9-21-22(14-18)27-17-29(24(21)31)16-25(32-26)10-12-28(13-11-25)23(30)19(2)15-20-6-4-3-5-7-20/h3-9,14,17,19H,10-13,15-16H2,1-2H3. The van der Waals surface area contributed by atoms with E-state index in [2.05, 4.69) is 17.1 Å². The molecule has 1 aromatic heterocycles. The van der Waals surface area contributed by atoms with Crippen LogP contribution < -0.4 is 5.56 Å². The average Bonchev–Trinajstić information content (AvgIpc) is 2.81. The van der Waals surface area contributed by atoms with Gasteiger partial charge in [-0.15, -0.1) is 0 Å². The van der Waals surface area contributed by atoms with Crippen LogP contribution in [-0.4, -0.2) is 39.0 Å². The molecule has 4 rings (SSSR count). The Morgan fingerprint density at radius 1 is 1.19 bits per heavy atom. The number of nitrogens with zero attached hydrogens (tertiary/aromatic N) is 3. The lowest BCUT2D eigenvalue weighted by atomic mass is 9.90. The molecule has 1 aliphatic rings. The Hall–Kier alpha value is -2.26. The van der Waals surface area contributed by atoms with Crippen LogP contribution in [0.2, 0.25) is 0 Å². The highest BCUT2D eigenvalue weighted by molar-refractivity contribution is 14.1. The quantitative estimate of drug-likeness (QED) is 0.434. The molecule has 6 nitrogen and oxygen atoms in total. The molecule has 0 saturated carbocycles. The van der Waals surface area contributed by atoms with E-state index in [4.69, 9.17) is 3.07 Å². The van der Waals surface area contributed by atoms with Gasteiger partial charge in [-0.2, -0.15) is 0 Å². The summed E-state index contributed by atoms with van der Waals surface area (Å²) in [6, 6.07) is 15.8. The molecule has 2 heterocycles. The molecule has 0 N–H and O–H groups in total.